The molecule has 0 saturated heterocycles. The Labute approximate surface area is 190 Å². The van der Waals surface area contributed by atoms with Crippen molar-refractivity contribution >= 4 is 26.9 Å². The Hall–Kier alpha value is -3.97. The minimum Gasteiger partial charge on any atom is -0.480 e. The van der Waals surface area contributed by atoms with Crippen LogP contribution in [0.5, 0.6) is 5.88 Å². The Morgan fingerprint density at radius 1 is 1.06 bits per heavy atom. The summed E-state index contributed by atoms with van der Waals surface area (Å²) in [5, 5.41) is 5.18. The van der Waals surface area contributed by atoms with Crippen molar-refractivity contribution in [3.05, 3.63) is 70.6 Å². The van der Waals surface area contributed by atoms with E-state index in [9.17, 15) is 26.4 Å². The second kappa shape index (κ2) is 8.11. The van der Waals surface area contributed by atoms with Gasteiger partial charge in [-0.1, -0.05) is 18.2 Å². The number of rotatable bonds is 4. The molecule has 13 heteroatoms. The lowest BCUT2D eigenvalue weighted by Crippen LogP contribution is -2.25. The van der Waals surface area contributed by atoms with Crippen LogP contribution >= 0.6 is 0 Å². The second-order valence-corrected chi connectivity index (χ2v) is 8.66. The van der Waals surface area contributed by atoms with E-state index in [0.717, 1.165) is 12.1 Å². The fourth-order valence-electron chi connectivity index (χ4n) is 3.47. The van der Waals surface area contributed by atoms with Crippen molar-refractivity contribution in [2.45, 2.75) is 11.1 Å². The molecular formula is C21H16F3N5O4S. The molecule has 0 fully saturated rings. The molecule has 0 aliphatic rings. The SMILES string of the molecule is COc1ncc(-c2ccc3nc(N)n(-c4ccccc4C(F)(F)F)c(=O)c3c2)cc1S(N)(=O)=O. The number of pyridine rings is 1. The molecule has 2 aromatic heterocycles. The lowest BCUT2D eigenvalue weighted by atomic mass is 10.1. The molecule has 0 unspecified atom stereocenters. The molecule has 2 aromatic carbocycles. The van der Waals surface area contributed by atoms with E-state index in [1.807, 2.05) is 0 Å². The first-order valence-corrected chi connectivity index (χ1v) is 11.0. The number of methoxy groups -OCH3 is 1. The predicted octanol–water partition coefficient (Wildman–Crippen LogP) is 2.70. The van der Waals surface area contributed by atoms with Gasteiger partial charge in [-0.3, -0.25) is 4.79 Å². The third kappa shape index (κ3) is 4.06. The molecule has 176 valence electrons. The van der Waals surface area contributed by atoms with Gasteiger partial charge in [-0.15, -0.1) is 0 Å². The van der Waals surface area contributed by atoms with E-state index in [1.54, 1.807) is 0 Å². The summed E-state index contributed by atoms with van der Waals surface area (Å²) >= 11 is 0. The van der Waals surface area contributed by atoms with Gasteiger partial charge in [0, 0.05) is 11.8 Å². The number of fused-ring (bicyclic) bond motifs is 1. The normalized spacial score (nSPS) is 12.1. The summed E-state index contributed by atoms with van der Waals surface area (Å²) in [5.74, 6) is -0.642. The monoisotopic (exact) mass is 491 g/mol. The Morgan fingerprint density at radius 3 is 2.41 bits per heavy atom. The van der Waals surface area contributed by atoms with Gasteiger partial charge in [-0.2, -0.15) is 13.2 Å². The molecule has 4 rings (SSSR count). The van der Waals surface area contributed by atoms with Crippen molar-refractivity contribution in [2.24, 2.45) is 5.14 Å². The number of nitrogens with zero attached hydrogens (tertiary/aromatic N) is 3. The quantitative estimate of drug-likeness (QED) is 0.447. The first kappa shape index (κ1) is 23.2. The zero-order valence-corrected chi connectivity index (χ0v) is 18.2. The van der Waals surface area contributed by atoms with Crippen molar-refractivity contribution in [1.29, 1.82) is 0 Å². The van der Waals surface area contributed by atoms with Crippen LogP contribution in [0.15, 0.2) is 64.4 Å². The number of halogens is 3. The summed E-state index contributed by atoms with van der Waals surface area (Å²) in [6.45, 7) is 0. The number of ether oxygens (including phenoxy) is 1. The van der Waals surface area contributed by atoms with E-state index in [0.29, 0.717) is 10.1 Å². The number of benzene rings is 2. The van der Waals surface area contributed by atoms with E-state index < -0.39 is 39.0 Å². The predicted molar refractivity (Wildman–Crippen MR) is 118 cm³/mol. The van der Waals surface area contributed by atoms with Crippen LogP contribution < -0.4 is 21.2 Å². The number of anilines is 1. The maximum Gasteiger partial charge on any atom is 0.418 e. The molecule has 0 bridgehead atoms. The molecule has 0 amide bonds. The zero-order valence-electron chi connectivity index (χ0n) is 17.4. The summed E-state index contributed by atoms with van der Waals surface area (Å²) in [5.41, 5.74) is 4.24. The van der Waals surface area contributed by atoms with E-state index in [2.05, 4.69) is 9.97 Å². The maximum atomic E-state index is 13.5. The fourth-order valence-corrected chi connectivity index (χ4v) is 4.14. The highest BCUT2D eigenvalue weighted by molar-refractivity contribution is 7.89. The average Bonchev–Trinajstić information content (AvgIpc) is 2.77. The van der Waals surface area contributed by atoms with E-state index in [-0.39, 0.29) is 27.2 Å². The standard InChI is InChI=1S/C21H16F3N5O4S/c1-33-18-17(34(26,31)32)9-12(10-27-18)11-6-7-15-13(8-11)19(30)29(20(25)28-15)16-5-3-2-4-14(16)21(22,23)24/h2-10H,1H3,(H2,25,28)(H2,26,31,32). The van der Waals surface area contributed by atoms with Crippen LogP contribution in [0.1, 0.15) is 5.56 Å². The van der Waals surface area contributed by atoms with Gasteiger partial charge in [-0.05, 0) is 35.9 Å². The first-order chi connectivity index (χ1) is 15.9. The number of nitrogen functional groups attached to an aromatic ring is 1. The topological polar surface area (TPSA) is 143 Å². The molecule has 9 nitrogen and oxygen atoms in total. The van der Waals surface area contributed by atoms with Crippen LogP contribution in [0, 0.1) is 0 Å². The number of hydrogen-bond donors (Lipinski definition) is 2. The lowest BCUT2D eigenvalue weighted by molar-refractivity contribution is -0.137. The molecule has 0 spiro atoms. The van der Waals surface area contributed by atoms with Crippen LogP contribution in [0.2, 0.25) is 0 Å². The van der Waals surface area contributed by atoms with Crippen molar-refractivity contribution in [3.8, 4) is 22.7 Å². The molecule has 4 aromatic rings. The number of hydrogen-bond acceptors (Lipinski definition) is 7. The summed E-state index contributed by atoms with van der Waals surface area (Å²) in [6, 6.07) is 10.0. The smallest absolute Gasteiger partial charge is 0.418 e. The largest absolute Gasteiger partial charge is 0.480 e. The third-order valence-electron chi connectivity index (χ3n) is 5.00. The highest BCUT2D eigenvalue weighted by Gasteiger charge is 2.34. The Bertz CT molecular complexity index is 1600. The number of alkyl halides is 3. The molecule has 2 heterocycles. The van der Waals surface area contributed by atoms with E-state index in [1.165, 1.54) is 49.7 Å². The Kier molecular flexibility index (Phi) is 5.53. The molecule has 0 radical (unpaired) electrons. The van der Waals surface area contributed by atoms with Gasteiger partial charge in [-0.25, -0.2) is 28.1 Å². The van der Waals surface area contributed by atoms with Crippen LogP contribution in [0.4, 0.5) is 19.1 Å². The van der Waals surface area contributed by atoms with Crippen molar-refractivity contribution in [3.63, 3.8) is 0 Å². The number of aromatic nitrogens is 3. The van der Waals surface area contributed by atoms with E-state index >= 15 is 0 Å². The third-order valence-corrected chi connectivity index (χ3v) is 5.90. The van der Waals surface area contributed by atoms with Crippen LogP contribution in [-0.2, 0) is 16.2 Å². The van der Waals surface area contributed by atoms with E-state index in [4.69, 9.17) is 15.6 Å². The van der Waals surface area contributed by atoms with Gasteiger partial charge in [0.2, 0.25) is 21.9 Å². The van der Waals surface area contributed by atoms with Gasteiger partial charge in [0.1, 0.15) is 4.90 Å². The van der Waals surface area contributed by atoms with Crippen molar-refractivity contribution < 1.29 is 26.3 Å². The molecular weight excluding hydrogens is 475 g/mol. The summed E-state index contributed by atoms with van der Waals surface area (Å²) in [6.07, 6.45) is -3.44. The van der Waals surface area contributed by atoms with Crippen LogP contribution in [0.3, 0.4) is 0 Å². The van der Waals surface area contributed by atoms with Gasteiger partial charge in [0.15, 0.2) is 0 Å². The minimum absolute atomic E-state index is 0.0448. The summed E-state index contributed by atoms with van der Waals surface area (Å²) < 4.78 is 70.0. The number of nitrogens with two attached hydrogens (primary N) is 2. The fraction of sp³-hybridized carbons (Fsp3) is 0.0952. The summed E-state index contributed by atoms with van der Waals surface area (Å²) in [7, 11) is -2.96. The van der Waals surface area contributed by atoms with Crippen molar-refractivity contribution in [2.75, 3.05) is 12.8 Å². The van der Waals surface area contributed by atoms with Gasteiger partial charge >= 0.3 is 6.18 Å². The summed E-state index contributed by atoms with van der Waals surface area (Å²) in [4.78, 5) is 20.9. The molecule has 0 atom stereocenters. The maximum absolute atomic E-state index is 13.5. The van der Waals surface area contributed by atoms with Crippen molar-refractivity contribution in [1.82, 2.24) is 14.5 Å². The molecule has 0 aliphatic carbocycles. The first-order valence-electron chi connectivity index (χ1n) is 9.48. The average molecular weight is 491 g/mol. The second-order valence-electron chi connectivity index (χ2n) is 7.13. The number of para-hydroxylation sites is 1. The minimum atomic E-state index is -4.74. The zero-order chi connectivity index (χ0) is 24.8. The highest BCUT2D eigenvalue weighted by Crippen LogP contribution is 2.34. The Balaban J connectivity index is 1.97. The van der Waals surface area contributed by atoms with Gasteiger partial charge in [0.05, 0.1) is 29.3 Å². The molecule has 0 aliphatic heterocycles. The number of sulfonamides is 1. The molecule has 34 heavy (non-hydrogen) atoms. The van der Waals surface area contributed by atoms with Gasteiger partial charge < -0.3 is 10.5 Å². The molecule has 0 saturated carbocycles. The van der Waals surface area contributed by atoms with Crippen LogP contribution in [0.25, 0.3) is 27.7 Å². The number of primary sulfonamides is 1. The van der Waals surface area contributed by atoms with Crippen LogP contribution in [-0.4, -0.2) is 30.1 Å². The van der Waals surface area contributed by atoms with Gasteiger partial charge in [0.25, 0.3) is 5.56 Å². The Morgan fingerprint density at radius 2 is 1.76 bits per heavy atom. The highest BCUT2D eigenvalue weighted by atomic mass is 32.2. The molecule has 4 N–H and O–H groups in total. The lowest BCUT2D eigenvalue weighted by Gasteiger charge is -2.16.